The molecule has 0 aromatic heterocycles. The van der Waals surface area contributed by atoms with Crippen molar-refractivity contribution in [2.75, 3.05) is 13.7 Å². The molecule has 1 amide bonds. The zero-order chi connectivity index (χ0) is 20.8. The molecule has 29 heavy (non-hydrogen) atoms. The van der Waals surface area contributed by atoms with Crippen LogP contribution in [0.25, 0.3) is 0 Å². The third-order valence-corrected chi connectivity index (χ3v) is 4.61. The van der Waals surface area contributed by atoms with Crippen LogP contribution in [0.15, 0.2) is 48.5 Å². The first-order chi connectivity index (χ1) is 14.0. The van der Waals surface area contributed by atoms with Gasteiger partial charge in [-0.3, -0.25) is 4.79 Å². The fourth-order valence-corrected chi connectivity index (χ4v) is 2.94. The summed E-state index contributed by atoms with van der Waals surface area (Å²) in [5.41, 5.74) is 1.07. The summed E-state index contributed by atoms with van der Waals surface area (Å²) in [5, 5.41) is 2.78. The van der Waals surface area contributed by atoms with E-state index >= 15 is 0 Å². The lowest BCUT2D eigenvalue weighted by atomic mass is 10.1. The monoisotopic (exact) mass is 399 g/mol. The van der Waals surface area contributed by atoms with Crippen molar-refractivity contribution < 1.29 is 28.5 Å². The van der Waals surface area contributed by atoms with Gasteiger partial charge in [0.2, 0.25) is 6.10 Å². The highest BCUT2D eigenvalue weighted by molar-refractivity contribution is 5.85. The summed E-state index contributed by atoms with van der Waals surface area (Å²) in [5.74, 6) is 0.836. The van der Waals surface area contributed by atoms with Gasteiger partial charge in [-0.15, -0.1) is 0 Å². The lowest BCUT2D eigenvalue weighted by Gasteiger charge is -2.30. The molecule has 0 radical (unpaired) electrons. The predicted octanol–water partition coefficient (Wildman–Crippen LogP) is 2.51. The summed E-state index contributed by atoms with van der Waals surface area (Å²) in [7, 11) is 1.61. The zero-order valence-electron chi connectivity index (χ0n) is 16.7. The number of rotatable bonds is 7. The molecule has 3 rings (SSSR count). The van der Waals surface area contributed by atoms with Gasteiger partial charge >= 0.3 is 5.97 Å². The van der Waals surface area contributed by atoms with Crippen LogP contribution in [-0.4, -0.2) is 43.8 Å². The molecule has 1 N–H and O–H groups in total. The van der Waals surface area contributed by atoms with Gasteiger partial charge in [0.25, 0.3) is 5.91 Å². The minimum absolute atomic E-state index is 0.364. The van der Waals surface area contributed by atoms with Crippen molar-refractivity contribution in [2.24, 2.45) is 0 Å². The molecule has 3 atom stereocenters. The van der Waals surface area contributed by atoms with Crippen LogP contribution in [0.4, 0.5) is 0 Å². The summed E-state index contributed by atoms with van der Waals surface area (Å²) >= 11 is 0. The van der Waals surface area contributed by atoms with Crippen LogP contribution in [-0.2, 0) is 20.7 Å². The van der Waals surface area contributed by atoms with E-state index in [1.807, 2.05) is 30.3 Å². The van der Waals surface area contributed by atoms with Crippen molar-refractivity contribution in [3.63, 3.8) is 0 Å². The number of ether oxygens (including phenoxy) is 4. The van der Waals surface area contributed by atoms with E-state index in [0.717, 1.165) is 11.3 Å². The third-order valence-electron chi connectivity index (χ3n) is 4.61. The molecule has 7 nitrogen and oxygen atoms in total. The van der Waals surface area contributed by atoms with E-state index < -0.39 is 24.3 Å². The van der Waals surface area contributed by atoms with E-state index in [1.165, 1.54) is 6.92 Å². The van der Waals surface area contributed by atoms with Crippen molar-refractivity contribution in [3.8, 4) is 17.2 Å². The molecule has 0 spiro atoms. The second-order valence-electron chi connectivity index (χ2n) is 6.78. The van der Waals surface area contributed by atoms with Crippen molar-refractivity contribution >= 4 is 11.9 Å². The van der Waals surface area contributed by atoms with Gasteiger partial charge in [-0.25, -0.2) is 4.79 Å². The molecular weight excluding hydrogens is 374 g/mol. The van der Waals surface area contributed by atoms with Crippen LogP contribution in [0, 0.1) is 0 Å². The maximum atomic E-state index is 12.5. The second-order valence-corrected chi connectivity index (χ2v) is 6.78. The van der Waals surface area contributed by atoms with Gasteiger partial charge in [-0.05, 0) is 50.1 Å². The molecule has 0 bridgehead atoms. The zero-order valence-corrected chi connectivity index (χ0v) is 16.7. The number of methoxy groups -OCH3 is 1. The maximum absolute atomic E-state index is 12.5. The van der Waals surface area contributed by atoms with Gasteiger partial charge in [-0.2, -0.15) is 0 Å². The number of fused-ring (bicyclic) bond motifs is 1. The second kappa shape index (κ2) is 9.32. The first-order valence-electron chi connectivity index (χ1n) is 9.51. The Morgan fingerprint density at radius 3 is 2.38 bits per heavy atom. The molecular formula is C22H25NO6. The Balaban J connectivity index is 1.46. The van der Waals surface area contributed by atoms with E-state index in [2.05, 4.69) is 5.32 Å². The average Bonchev–Trinajstić information content (AvgIpc) is 2.73. The number of esters is 1. The topological polar surface area (TPSA) is 83.1 Å². The molecule has 7 heteroatoms. The quantitative estimate of drug-likeness (QED) is 0.721. The van der Waals surface area contributed by atoms with Crippen molar-refractivity contribution in [2.45, 2.75) is 38.6 Å². The van der Waals surface area contributed by atoms with Gasteiger partial charge in [0.15, 0.2) is 17.6 Å². The Morgan fingerprint density at radius 2 is 1.72 bits per heavy atom. The first-order valence-corrected chi connectivity index (χ1v) is 9.51. The van der Waals surface area contributed by atoms with E-state index in [0.29, 0.717) is 24.5 Å². The SMILES string of the molecule is COc1ccc(CCNC(=O)C(C)OC(=O)C2Oc3ccccc3OC2C)cc1. The van der Waals surface area contributed by atoms with Gasteiger partial charge in [0, 0.05) is 6.54 Å². The Hall–Kier alpha value is -3.22. The minimum Gasteiger partial charge on any atom is -0.497 e. The number of hydrogen-bond donors (Lipinski definition) is 1. The maximum Gasteiger partial charge on any atom is 0.352 e. The highest BCUT2D eigenvalue weighted by Crippen LogP contribution is 2.33. The lowest BCUT2D eigenvalue weighted by molar-refractivity contribution is -0.166. The highest BCUT2D eigenvalue weighted by atomic mass is 16.6. The van der Waals surface area contributed by atoms with Crippen LogP contribution in [0.3, 0.4) is 0 Å². The molecule has 154 valence electrons. The molecule has 2 aromatic carbocycles. The number of carbonyl (C=O) groups excluding carboxylic acids is 2. The predicted molar refractivity (Wildman–Crippen MR) is 106 cm³/mol. The van der Waals surface area contributed by atoms with Crippen molar-refractivity contribution in [3.05, 3.63) is 54.1 Å². The minimum atomic E-state index is -0.939. The molecule has 1 aliphatic rings. The standard InChI is InChI=1S/C22H25NO6/c1-14-20(29-19-7-5-4-6-18(19)27-14)22(25)28-15(2)21(24)23-13-12-16-8-10-17(26-3)11-9-16/h4-11,14-15,20H,12-13H2,1-3H3,(H,23,24). The molecule has 0 fully saturated rings. The van der Waals surface area contributed by atoms with Gasteiger partial charge in [0.1, 0.15) is 11.9 Å². The van der Waals surface area contributed by atoms with E-state index in [9.17, 15) is 9.59 Å². The number of nitrogens with one attached hydrogen (secondary N) is 1. The van der Waals surface area contributed by atoms with Crippen LogP contribution < -0.4 is 19.5 Å². The van der Waals surface area contributed by atoms with Crippen molar-refractivity contribution in [1.29, 1.82) is 0 Å². The van der Waals surface area contributed by atoms with Gasteiger partial charge < -0.3 is 24.3 Å². The van der Waals surface area contributed by atoms with E-state index in [1.54, 1.807) is 32.2 Å². The highest BCUT2D eigenvalue weighted by Gasteiger charge is 2.36. The van der Waals surface area contributed by atoms with Gasteiger partial charge in [0.05, 0.1) is 7.11 Å². The summed E-state index contributed by atoms with van der Waals surface area (Å²) in [6.07, 6.45) is -1.74. The Labute approximate surface area is 169 Å². The van der Waals surface area contributed by atoms with E-state index in [4.69, 9.17) is 18.9 Å². The summed E-state index contributed by atoms with van der Waals surface area (Å²) in [6, 6.07) is 14.7. The number of benzene rings is 2. The molecule has 1 aliphatic heterocycles. The molecule has 3 unspecified atom stereocenters. The van der Waals surface area contributed by atoms with Crippen LogP contribution in [0.2, 0.25) is 0 Å². The molecule has 0 aliphatic carbocycles. The van der Waals surface area contributed by atoms with Gasteiger partial charge in [-0.1, -0.05) is 24.3 Å². The normalized spacial score (nSPS) is 18.4. The van der Waals surface area contributed by atoms with Crippen LogP contribution >= 0.6 is 0 Å². The summed E-state index contributed by atoms with van der Waals surface area (Å²) in [4.78, 5) is 24.7. The number of para-hydroxylation sites is 2. The summed E-state index contributed by atoms with van der Waals surface area (Å²) in [6.45, 7) is 3.68. The Bertz CT molecular complexity index is 851. The Kier molecular flexibility index (Phi) is 6.59. The largest absolute Gasteiger partial charge is 0.497 e. The molecule has 1 heterocycles. The Morgan fingerprint density at radius 1 is 1.07 bits per heavy atom. The summed E-state index contributed by atoms with van der Waals surface area (Å²) < 4.78 is 21.8. The average molecular weight is 399 g/mol. The molecule has 0 saturated carbocycles. The number of carbonyl (C=O) groups is 2. The fraction of sp³-hybridized carbons (Fsp3) is 0.364. The fourth-order valence-electron chi connectivity index (χ4n) is 2.94. The first kappa shape index (κ1) is 20.5. The van der Waals surface area contributed by atoms with Crippen molar-refractivity contribution in [1.82, 2.24) is 5.32 Å². The molecule has 0 saturated heterocycles. The lowest BCUT2D eigenvalue weighted by Crippen LogP contribution is -2.47. The van der Waals surface area contributed by atoms with E-state index in [-0.39, 0.29) is 5.91 Å². The number of hydrogen-bond acceptors (Lipinski definition) is 6. The number of amides is 1. The van der Waals surface area contributed by atoms with Crippen LogP contribution in [0.5, 0.6) is 17.2 Å². The van der Waals surface area contributed by atoms with Crippen LogP contribution in [0.1, 0.15) is 19.4 Å². The molecule has 2 aromatic rings. The third kappa shape index (κ3) is 5.19. The smallest absolute Gasteiger partial charge is 0.352 e.